The molecule has 0 saturated heterocycles. The summed E-state index contributed by atoms with van der Waals surface area (Å²) in [5.41, 5.74) is 3.76. The van der Waals surface area contributed by atoms with Crippen molar-refractivity contribution in [2.45, 2.75) is 26.9 Å². The van der Waals surface area contributed by atoms with Gasteiger partial charge in [0.25, 0.3) is 5.91 Å². The number of imidazole rings is 1. The first-order chi connectivity index (χ1) is 13.5. The second-order valence-electron chi connectivity index (χ2n) is 6.47. The Hall–Kier alpha value is -3.68. The first-order valence-corrected chi connectivity index (χ1v) is 8.95. The van der Waals surface area contributed by atoms with Crippen LogP contribution in [0.3, 0.4) is 0 Å². The summed E-state index contributed by atoms with van der Waals surface area (Å²) in [6.07, 6.45) is 0. The lowest BCUT2D eigenvalue weighted by Crippen LogP contribution is -2.22. The van der Waals surface area contributed by atoms with Gasteiger partial charge >= 0.3 is 5.69 Å². The van der Waals surface area contributed by atoms with Crippen LogP contribution in [0.15, 0.2) is 51.8 Å². The van der Waals surface area contributed by atoms with E-state index in [0.29, 0.717) is 29.3 Å². The number of fused-ring (bicyclic) bond motifs is 1. The number of aromatic nitrogens is 4. The number of H-pyrrole nitrogens is 1. The second kappa shape index (κ2) is 7.15. The smallest absolute Gasteiger partial charge is 0.326 e. The molecule has 0 radical (unpaired) electrons. The van der Waals surface area contributed by atoms with E-state index in [2.05, 4.69) is 20.4 Å². The number of nitrogens with one attached hydrogen (secondary N) is 2. The van der Waals surface area contributed by atoms with Gasteiger partial charge in [0, 0.05) is 17.7 Å². The van der Waals surface area contributed by atoms with Gasteiger partial charge in [-0.15, -0.1) is 0 Å². The predicted molar refractivity (Wildman–Crippen MR) is 104 cm³/mol. The topological polar surface area (TPSA) is 106 Å². The van der Waals surface area contributed by atoms with Gasteiger partial charge in [0.05, 0.1) is 17.6 Å². The van der Waals surface area contributed by atoms with Gasteiger partial charge in [-0.2, -0.15) is 4.98 Å². The summed E-state index contributed by atoms with van der Waals surface area (Å²) in [5.74, 6) is 0.487. The Morgan fingerprint density at radius 1 is 1.21 bits per heavy atom. The van der Waals surface area contributed by atoms with Crippen LogP contribution in [0.25, 0.3) is 22.4 Å². The van der Waals surface area contributed by atoms with E-state index in [9.17, 15) is 9.59 Å². The number of carbonyl (C=O) groups excluding carboxylic acids is 1. The molecule has 142 valence electrons. The molecule has 8 nitrogen and oxygen atoms in total. The Morgan fingerprint density at radius 3 is 2.75 bits per heavy atom. The standard InChI is InChI=1S/C20H19N5O3/c1-3-25-16-9-8-14(10-15(16)22-20(25)27)18-23-17(28-24-18)11-21-19(26)13-6-4-12(2)5-7-13/h4-10H,3,11H2,1-2H3,(H,21,26)(H,22,27). The van der Waals surface area contributed by atoms with Gasteiger partial charge in [-0.1, -0.05) is 22.9 Å². The van der Waals surface area contributed by atoms with Gasteiger partial charge < -0.3 is 14.8 Å². The van der Waals surface area contributed by atoms with Crippen LogP contribution in [0.1, 0.15) is 28.7 Å². The van der Waals surface area contributed by atoms with E-state index in [-0.39, 0.29) is 18.1 Å². The lowest BCUT2D eigenvalue weighted by molar-refractivity contribution is 0.0946. The molecule has 0 aliphatic carbocycles. The van der Waals surface area contributed by atoms with Crippen molar-refractivity contribution in [3.8, 4) is 11.4 Å². The SMILES string of the molecule is CCn1c(=O)[nH]c2cc(-c3noc(CNC(=O)c4ccc(C)cc4)n3)ccc21. The normalized spacial score (nSPS) is 11.1. The molecule has 0 spiro atoms. The van der Waals surface area contributed by atoms with E-state index in [1.807, 2.05) is 44.2 Å². The number of nitrogens with zero attached hydrogens (tertiary/aromatic N) is 3. The predicted octanol–water partition coefficient (Wildman–Crippen LogP) is 2.64. The van der Waals surface area contributed by atoms with Crippen LogP contribution < -0.4 is 11.0 Å². The van der Waals surface area contributed by atoms with E-state index in [1.165, 1.54) is 0 Å². The van der Waals surface area contributed by atoms with E-state index >= 15 is 0 Å². The molecule has 0 unspecified atom stereocenters. The largest absolute Gasteiger partial charge is 0.343 e. The van der Waals surface area contributed by atoms with E-state index in [4.69, 9.17) is 4.52 Å². The van der Waals surface area contributed by atoms with Crippen molar-refractivity contribution < 1.29 is 9.32 Å². The molecule has 0 fully saturated rings. The quantitative estimate of drug-likeness (QED) is 0.556. The number of hydrogen-bond acceptors (Lipinski definition) is 5. The van der Waals surface area contributed by atoms with Gasteiger partial charge in [0.15, 0.2) is 0 Å². The van der Waals surface area contributed by atoms with E-state index < -0.39 is 0 Å². The third kappa shape index (κ3) is 3.32. The summed E-state index contributed by atoms with van der Waals surface area (Å²) in [7, 11) is 0. The molecule has 0 aliphatic rings. The summed E-state index contributed by atoms with van der Waals surface area (Å²) in [4.78, 5) is 31.2. The van der Waals surface area contributed by atoms with Crippen LogP contribution in [0.4, 0.5) is 0 Å². The summed E-state index contributed by atoms with van der Waals surface area (Å²) in [6.45, 7) is 4.60. The molecule has 2 heterocycles. The molecule has 0 atom stereocenters. The first kappa shape index (κ1) is 17.7. The Morgan fingerprint density at radius 2 is 2.00 bits per heavy atom. The number of rotatable bonds is 5. The highest BCUT2D eigenvalue weighted by molar-refractivity contribution is 5.94. The number of benzene rings is 2. The Labute approximate surface area is 160 Å². The number of carbonyl (C=O) groups is 1. The van der Waals surface area contributed by atoms with Crippen molar-refractivity contribution in [1.82, 2.24) is 25.0 Å². The molecule has 28 heavy (non-hydrogen) atoms. The maximum atomic E-state index is 12.2. The number of aryl methyl sites for hydroxylation is 2. The van der Waals surface area contributed by atoms with Crippen molar-refractivity contribution >= 4 is 16.9 Å². The number of hydrogen-bond donors (Lipinski definition) is 2. The maximum Gasteiger partial charge on any atom is 0.326 e. The fraction of sp³-hybridized carbons (Fsp3) is 0.200. The highest BCUT2D eigenvalue weighted by Crippen LogP contribution is 2.20. The van der Waals surface area contributed by atoms with Crippen LogP contribution in [0.5, 0.6) is 0 Å². The van der Waals surface area contributed by atoms with E-state index in [1.54, 1.807) is 16.7 Å². The average molecular weight is 377 g/mol. The summed E-state index contributed by atoms with van der Waals surface area (Å²) in [5, 5.41) is 6.73. The van der Waals surface area contributed by atoms with Gasteiger partial charge in [0.2, 0.25) is 11.7 Å². The molecular weight excluding hydrogens is 358 g/mol. The van der Waals surface area contributed by atoms with Gasteiger partial charge in [0.1, 0.15) is 0 Å². The van der Waals surface area contributed by atoms with Gasteiger partial charge in [-0.3, -0.25) is 9.36 Å². The maximum absolute atomic E-state index is 12.2. The Kier molecular flexibility index (Phi) is 4.52. The van der Waals surface area contributed by atoms with Gasteiger partial charge in [-0.05, 0) is 44.2 Å². The zero-order valence-electron chi connectivity index (χ0n) is 15.5. The van der Waals surface area contributed by atoms with Crippen LogP contribution in [0, 0.1) is 6.92 Å². The Bertz CT molecular complexity index is 1200. The third-order valence-electron chi connectivity index (χ3n) is 4.53. The van der Waals surface area contributed by atoms with Crippen molar-refractivity contribution in [2.24, 2.45) is 0 Å². The van der Waals surface area contributed by atoms with Crippen LogP contribution >= 0.6 is 0 Å². The second-order valence-corrected chi connectivity index (χ2v) is 6.47. The highest BCUT2D eigenvalue weighted by Gasteiger charge is 2.13. The molecule has 8 heteroatoms. The Balaban J connectivity index is 1.49. The summed E-state index contributed by atoms with van der Waals surface area (Å²) in [6, 6.07) is 12.8. The van der Waals surface area contributed by atoms with Crippen molar-refractivity contribution in [1.29, 1.82) is 0 Å². The lowest BCUT2D eigenvalue weighted by atomic mass is 10.1. The summed E-state index contributed by atoms with van der Waals surface area (Å²) >= 11 is 0. The van der Waals surface area contributed by atoms with Crippen molar-refractivity contribution in [3.63, 3.8) is 0 Å². The molecular formula is C20H19N5O3. The minimum atomic E-state index is -0.209. The average Bonchev–Trinajstić information content (AvgIpc) is 3.29. The van der Waals surface area contributed by atoms with Crippen molar-refractivity contribution in [2.75, 3.05) is 0 Å². The minimum absolute atomic E-state index is 0.130. The van der Waals surface area contributed by atoms with Crippen LogP contribution in [-0.4, -0.2) is 25.6 Å². The van der Waals surface area contributed by atoms with Gasteiger partial charge in [-0.25, -0.2) is 4.79 Å². The highest BCUT2D eigenvalue weighted by atomic mass is 16.5. The fourth-order valence-electron chi connectivity index (χ4n) is 3.02. The van der Waals surface area contributed by atoms with Crippen LogP contribution in [-0.2, 0) is 13.1 Å². The number of amides is 1. The first-order valence-electron chi connectivity index (χ1n) is 8.95. The molecule has 4 rings (SSSR count). The molecule has 0 bridgehead atoms. The molecule has 2 N–H and O–H groups in total. The number of aromatic amines is 1. The fourth-order valence-corrected chi connectivity index (χ4v) is 3.02. The third-order valence-corrected chi connectivity index (χ3v) is 4.53. The van der Waals surface area contributed by atoms with E-state index in [0.717, 1.165) is 16.6 Å². The zero-order chi connectivity index (χ0) is 19.7. The molecule has 1 amide bonds. The molecule has 2 aromatic heterocycles. The summed E-state index contributed by atoms with van der Waals surface area (Å²) < 4.78 is 6.89. The molecule has 2 aromatic carbocycles. The molecule has 0 saturated carbocycles. The lowest BCUT2D eigenvalue weighted by Gasteiger charge is -2.02. The molecule has 0 aliphatic heterocycles. The zero-order valence-corrected chi connectivity index (χ0v) is 15.5. The van der Waals surface area contributed by atoms with Crippen LogP contribution in [0.2, 0.25) is 0 Å². The molecule has 4 aromatic rings. The van der Waals surface area contributed by atoms with Crippen molar-refractivity contribution in [3.05, 3.63) is 70.0 Å². The monoisotopic (exact) mass is 377 g/mol. The minimum Gasteiger partial charge on any atom is -0.343 e.